The van der Waals surface area contributed by atoms with Gasteiger partial charge in [-0.05, 0) is 51.0 Å². The zero-order chi connectivity index (χ0) is 19.4. The van der Waals surface area contributed by atoms with Crippen molar-refractivity contribution in [2.24, 2.45) is 11.0 Å². The number of furan rings is 1. The van der Waals surface area contributed by atoms with Crippen molar-refractivity contribution in [1.82, 2.24) is 9.73 Å². The summed E-state index contributed by atoms with van der Waals surface area (Å²) in [5, 5.41) is 4.05. The van der Waals surface area contributed by atoms with E-state index in [9.17, 15) is 13.2 Å². The van der Waals surface area contributed by atoms with Crippen LogP contribution in [0.4, 0.5) is 0 Å². The summed E-state index contributed by atoms with van der Waals surface area (Å²) in [5.41, 5.74) is 4.07. The molecule has 0 unspecified atom stereocenters. The van der Waals surface area contributed by atoms with Crippen LogP contribution in [0.25, 0.3) is 0 Å². The number of aryl methyl sites for hydroxylation is 1. The molecule has 144 valence electrons. The highest BCUT2D eigenvalue weighted by Gasteiger charge is 2.33. The van der Waals surface area contributed by atoms with Crippen LogP contribution in [0, 0.1) is 12.8 Å². The molecule has 27 heavy (non-hydrogen) atoms. The summed E-state index contributed by atoms with van der Waals surface area (Å²) in [6.45, 7) is 4.20. The fourth-order valence-corrected chi connectivity index (χ4v) is 4.53. The molecule has 1 aromatic heterocycles. The van der Waals surface area contributed by atoms with Crippen molar-refractivity contribution in [3.05, 3.63) is 54.0 Å². The van der Waals surface area contributed by atoms with Crippen LogP contribution < -0.4 is 5.43 Å². The van der Waals surface area contributed by atoms with Crippen LogP contribution in [-0.4, -0.2) is 37.4 Å². The Morgan fingerprint density at radius 2 is 2.00 bits per heavy atom. The van der Waals surface area contributed by atoms with E-state index in [0.717, 1.165) is 5.56 Å². The lowest BCUT2D eigenvalue weighted by molar-refractivity contribution is -0.126. The fraction of sp³-hybridized carbons (Fsp3) is 0.368. The van der Waals surface area contributed by atoms with E-state index in [2.05, 4.69) is 10.5 Å². The van der Waals surface area contributed by atoms with Gasteiger partial charge in [0.05, 0.1) is 17.1 Å². The number of carbonyl (C=O) groups is 1. The van der Waals surface area contributed by atoms with E-state index in [1.54, 1.807) is 43.3 Å². The highest BCUT2D eigenvalue weighted by molar-refractivity contribution is 7.89. The molecule has 2 aromatic rings. The van der Waals surface area contributed by atoms with E-state index in [1.807, 2.05) is 6.92 Å². The summed E-state index contributed by atoms with van der Waals surface area (Å²) in [6.07, 6.45) is 2.79. The van der Waals surface area contributed by atoms with Gasteiger partial charge in [0.1, 0.15) is 11.5 Å². The van der Waals surface area contributed by atoms with Crippen molar-refractivity contribution in [2.45, 2.75) is 31.6 Å². The molecule has 2 heterocycles. The standard InChI is InChI=1S/C19H23N3O4S/c1-14-7-9-17(10-8-14)27(24,25)22-11-3-5-16(13-22)19(23)21-20-15(2)18-6-4-12-26-18/h4,6-10,12,16H,3,5,11,13H2,1-2H3,(H,21,23)/b20-15-/t16-/m1/s1. The smallest absolute Gasteiger partial charge is 0.244 e. The fourth-order valence-electron chi connectivity index (χ4n) is 3.00. The summed E-state index contributed by atoms with van der Waals surface area (Å²) in [5.74, 6) is -0.153. The maximum atomic E-state index is 12.8. The Kier molecular flexibility index (Phi) is 5.76. The molecule has 1 saturated heterocycles. The zero-order valence-electron chi connectivity index (χ0n) is 15.4. The minimum absolute atomic E-state index is 0.150. The number of hydrazone groups is 1. The van der Waals surface area contributed by atoms with E-state index in [4.69, 9.17) is 4.42 Å². The number of nitrogens with one attached hydrogen (secondary N) is 1. The predicted octanol–water partition coefficient (Wildman–Crippen LogP) is 2.53. The first-order valence-electron chi connectivity index (χ1n) is 8.83. The molecule has 0 saturated carbocycles. The molecular formula is C19H23N3O4S. The maximum absolute atomic E-state index is 12.8. The second kappa shape index (κ2) is 8.06. The van der Waals surface area contributed by atoms with Gasteiger partial charge in [-0.15, -0.1) is 0 Å². The Morgan fingerprint density at radius 1 is 1.26 bits per heavy atom. The minimum Gasteiger partial charge on any atom is -0.463 e. The van der Waals surface area contributed by atoms with Crippen molar-refractivity contribution in [1.29, 1.82) is 0 Å². The van der Waals surface area contributed by atoms with Gasteiger partial charge in [-0.3, -0.25) is 4.79 Å². The highest BCUT2D eigenvalue weighted by atomic mass is 32.2. The number of carbonyl (C=O) groups excluding carboxylic acids is 1. The third kappa shape index (κ3) is 4.45. The lowest BCUT2D eigenvalue weighted by Gasteiger charge is -2.30. The summed E-state index contributed by atoms with van der Waals surface area (Å²) in [6, 6.07) is 10.2. The number of benzene rings is 1. The van der Waals surface area contributed by atoms with E-state index in [-0.39, 0.29) is 17.3 Å². The molecule has 0 radical (unpaired) electrons. The number of sulfonamides is 1. The first kappa shape index (κ1) is 19.3. The quantitative estimate of drug-likeness (QED) is 0.628. The van der Waals surface area contributed by atoms with Crippen LogP contribution in [0.15, 0.2) is 57.1 Å². The molecule has 7 nitrogen and oxygen atoms in total. The first-order valence-corrected chi connectivity index (χ1v) is 10.3. The summed E-state index contributed by atoms with van der Waals surface area (Å²) >= 11 is 0. The van der Waals surface area contributed by atoms with E-state index in [0.29, 0.717) is 30.9 Å². The SMILES string of the molecule is C/C(=N/NC(=O)[C@@H]1CCCN(S(=O)(=O)c2ccc(C)cc2)C1)c1ccco1. The number of hydrogen-bond acceptors (Lipinski definition) is 5. The second-order valence-electron chi connectivity index (χ2n) is 6.67. The number of piperidine rings is 1. The molecule has 1 atom stereocenters. The van der Waals surface area contributed by atoms with Crippen molar-refractivity contribution >= 4 is 21.6 Å². The van der Waals surface area contributed by atoms with Crippen LogP contribution in [0.3, 0.4) is 0 Å². The van der Waals surface area contributed by atoms with Gasteiger partial charge in [0.2, 0.25) is 15.9 Å². The summed E-state index contributed by atoms with van der Waals surface area (Å²) in [4.78, 5) is 12.7. The van der Waals surface area contributed by atoms with Gasteiger partial charge < -0.3 is 4.42 Å². The van der Waals surface area contributed by atoms with Crippen molar-refractivity contribution in [2.75, 3.05) is 13.1 Å². The molecule has 1 fully saturated rings. The van der Waals surface area contributed by atoms with Gasteiger partial charge in [-0.25, -0.2) is 13.8 Å². The molecule has 0 spiro atoms. The molecule has 1 aliphatic rings. The molecule has 1 amide bonds. The predicted molar refractivity (Wildman–Crippen MR) is 102 cm³/mol. The Bertz CT molecular complexity index is 918. The van der Waals surface area contributed by atoms with Crippen LogP contribution in [-0.2, 0) is 14.8 Å². The van der Waals surface area contributed by atoms with Crippen LogP contribution in [0.5, 0.6) is 0 Å². The molecule has 1 aromatic carbocycles. The maximum Gasteiger partial charge on any atom is 0.244 e. The molecule has 0 aliphatic carbocycles. The number of hydrogen-bond donors (Lipinski definition) is 1. The van der Waals surface area contributed by atoms with E-state index >= 15 is 0 Å². The molecule has 3 rings (SSSR count). The third-order valence-corrected chi connectivity index (χ3v) is 6.50. The minimum atomic E-state index is -3.61. The molecule has 0 bridgehead atoms. The highest BCUT2D eigenvalue weighted by Crippen LogP contribution is 2.24. The Hall–Kier alpha value is -2.45. The molecule has 1 aliphatic heterocycles. The molecular weight excluding hydrogens is 366 g/mol. The Balaban J connectivity index is 1.67. The topological polar surface area (TPSA) is 92.0 Å². The van der Waals surface area contributed by atoms with Gasteiger partial charge in [-0.1, -0.05) is 17.7 Å². The monoisotopic (exact) mass is 389 g/mol. The van der Waals surface area contributed by atoms with Gasteiger partial charge >= 0.3 is 0 Å². The average Bonchev–Trinajstić information content (AvgIpc) is 3.21. The van der Waals surface area contributed by atoms with Crippen LogP contribution >= 0.6 is 0 Å². The normalized spacial score (nSPS) is 19.0. The van der Waals surface area contributed by atoms with E-state index in [1.165, 1.54) is 10.6 Å². The second-order valence-corrected chi connectivity index (χ2v) is 8.60. The number of nitrogens with zero attached hydrogens (tertiary/aromatic N) is 2. The van der Waals surface area contributed by atoms with Gasteiger partial charge in [0, 0.05) is 13.1 Å². The molecule has 1 N–H and O–H groups in total. The average molecular weight is 389 g/mol. The summed E-state index contributed by atoms with van der Waals surface area (Å²) in [7, 11) is -3.61. The first-order chi connectivity index (χ1) is 12.9. The third-order valence-electron chi connectivity index (χ3n) is 4.63. The molecule has 8 heteroatoms. The van der Waals surface area contributed by atoms with Gasteiger partial charge in [0.15, 0.2) is 0 Å². The number of amides is 1. The summed E-state index contributed by atoms with van der Waals surface area (Å²) < 4.78 is 32.3. The number of rotatable bonds is 5. The lowest BCUT2D eigenvalue weighted by Crippen LogP contribution is -2.44. The van der Waals surface area contributed by atoms with Gasteiger partial charge in [0.25, 0.3) is 0 Å². The van der Waals surface area contributed by atoms with Crippen LogP contribution in [0.2, 0.25) is 0 Å². The largest absolute Gasteiger partial charge is 0.463 e. The van der Waals surface area contributed by atoms with E-state index < -0.39 is 15.9 Å². The lowest BCUT2D eigenvalue weighted by atomic mass is 9.99. The van der Waals surface area contributed by atoms with Crippen LogP contribution in [0.1, 0.15) is 31.1 Å². The van der Waals surface area contributed by atoms with Crippen molar-refractivity contribution in [3.63, 3.8) is 0 Å². The van der Waals surface area contributed by atoms with Crippen molar-refractivity contribution < 1.29 is 17.6 Å². The zero-order valence-corrected chi connectivity index (χ0v) is 16.2. The van der Waals surface area contributed by atoms with Gasteiger partial charge in [-0.2, -0.15) is 9.41 Å². The Morgan fingerprint density at radius 3 is 2.67 bits per heavy atom. The van der Waals surface area contributed by atoms with Crippen molar-refractivity contribution in [3.8, 4) is 0 Å². The Labute approximate surface area is 159 Å².